The van der Waals surface area contributed by atoms with Crippen LogP contribution in [0.2, 0.25) is 0 Å². The number of rotatable bonds is 50. The summed E-state index contributed by atoms with van der Waals surface area (Å²) in [5.74, 6) is -14.6. The van der Waals surface area contributed by atoms with Crippen molar-refractivity contribution < 1.29 is 87.5 Å². The molecule has 1 fully saturated rings. The first-order valence-electron chi connectivity index (χ1n) is 37.8. The number of carbonyl (C=O) groups excluding carboxylic acids is 12. The zero-order chi connectivity index (χ0) is 81.0. The number of H-pyrrole nitrogens is 1. The van der Waals surface area contributed by atoms with Crippen LogP contribution in [0.15, 0.2) is 60.8 Å². The number of carboxylic acids is 2. The minimum absolute atomic E-state index is 0.0421. The molecule has 0 spiro atoms. The normalized spacial score (nSPS) is 16.3. The molecule has 0 aliphatic carbocycles. The highest BCUT2D eigenvalue weighted by molar-refractivity contribution is 6.00. The molecule has 22 N–H and O–H groups in total. The Labute approximate surface area is 636 Å². The molecule has 606 valence electrons. The van der Waals surface area contributed by atoms with Crippen LogP contribution in [-0.2, 0) is 80.0 Å². The quantitative estimate of drug-likeness (QED) is 0.0299. The predicted octanol–water partition coefficient (Wildman–Crippen LogP) is -1.08. The number of aliphatic carboxylic acids is 2. The summed E-state index contributed by atoms with van der Waals surface area (Å²) in [7, 11) is 0. The van der Waals surface area contributed by atoms with Crippen LogP contribution in [0.25, 0.3) is 10.9 Å². The predicted molar refractivity (Wildman–Crippen MR) is 404 cm³/mol. The topological polar surface area (TPSA) is 544 Å². The lowest BCUT2D eigenvalue weighted by Gasteiger charge is -2.30. The molecule has 4 rings (SSSR count). The fourth-order valence-electron chi connectivity index (χ4n) is 12.4. The fourth-order valence-corrected chi connectivity index (χ4v) is 12.4. The van der Waals surface area contributed by atoms with Gasteiger partial charge >= 0.3 is 11.9 Å². The van der Waals surface area contributed by atoms with E-state index in [0.29, 0.717) is 67.2 Å². The number of amides is 12. The molecule has 0 unspecified atom stereocenters. The van der Waals surface area contributed by atoms with E-state index in [4.69, 9.17) is 11.5 Å². The summed E-state index contributed by atoms with van der Waals surface area (Å²) in [4.78, 5) is 197. The van der Waals surface area contributed by atoms with E-state index in [1.807, 2.05) is 27.7 Å². The van der Waals surface area contributed by atoms with Crippen LogP contribution in [0.4, 0.5) is 0 Å². The van der Waals surface area contributed by atoms with Gasteiger partial charge < -0.3 is 106 Å². The first kappa shape index (κ1) is 91.7. The molecule has 1 aliphatic heterocycles. The van der Waals surface area contributed by atoms with E-state index < -0.39 is 187 Å². The van der Waals surface area contributed by atoms with Gasteiger partial charge in [0.05, 0.1) is 18.8 Å². The van der Waals surface area contributed by atoms with Gasteiger partial charge in [0.15, 0.2) is 0 Å². The van der Waals surface area contributed by atoms with Gasteiger partial charge in [-0.2, -0.15) is 0 Å². The molecule has 14 atom stereocenters. The highest BCUT2D eigenvalue weighted by atomic mass is 16.4. The van der Waals surface area contributed by atoms with Crippen LogP contribution in [0, 0.1) is 23.7 Å². The van der Waals surface area contributed by atoms with Gasteiger partial charge in [-0.3, -0.25) is 67.1 Å². The lowest BCUT2D eigenvalue weighted by Crippen LogP contribution is -2.62. The van der Waals surface area contributed by atoms with Gasteiger partial charge in [0, 0.05) is 36.4 Å². The summed E-state index contributed by atoms with van der Waals surface area (Å²) in [5.41, 5.74) is 13.3. The molecule has 109 heavy (non-hydrogen) atoms. The molecule has 1 aromatic heterocycles. The average molecular weight is 1530 g/mol. The van der Waals surface area contributed by atoms with Gasteiger partial charge in [-0.05, 0) is 144 Å². The van der Waals surface area contributed by atoms with Crippen molar-refractivity contribution >= 4 is 93.7 Å². The molecule has 0 radical (unpaired) electrons. The third-order valence-electron chi connectivity index (χ3n) is 18.6. The highest BCUT2D eigenvalue weighted by Crippen LogP contribution is 2.21. The average Bonchev–Trinajstić information content (AvgIpc) is 1.70. The Balaban J connectivity index is 1.59. The Morgan fingerprint density at radius 2 is 0.908 bits per heavy atom. The van der Waals surface area contributed by atoms with Gasteiger partial charge in [0.2, 0.25) is 70.9 Å². The van der Waals surface area contributed by atoms with Gasteiger partial charge in [-0.1, -0.05) is 110 Å². The lowest BCUT2D eigenvalue weighted by molar-refractivity contribution is -0.139. The molecule has 34 nitrogen and oxygen atoms in total. The smallest absolute Gasteiger partial charge is 0.322 e. The second-order valence-electron chi connectivity index (χ2n) is 29.2. The second-order valence-corrected chi connectivity index (χ2v) is 29.2. The molecular weight excluding hydrogens is 1410 g/mol. The first-order chi connectivity index (χ1) is 51.7. The Morgan fingerprint density at radius 1 is 0.477 bits per heavy atom. The monoisotopic (exact) mass is 1530 g/mol. The number of aromatic nitrogens is 1. The molecule has 0 bridgehead atoms. The Morgan fingerprint density at radius 3 is 1.39 bits per heavy atom. The summed E-state index contributed by atoms with van der Waals surface area (Å²) in [6.07, 6.45) is 1.92. The number of hydrogen-bond donors (Lipinski definition) is 20. The standard InChI is InChI=1S/C75H118N16O18/c1-10-44(8)62(74(108)80-39-61(96)97)90-72(106)58(37-47-38-79-49-24-15-14-23-48(47)49)87-66(100)53(28-29-60(94)95)83-73(107)59(40-92)89-70(104)56(35-43(6)7)86-71(105)57(36-46-21-12-11-13-22-46)88-75(109)63(45(9)93)91-67(101)52(26-17-19-31-77)82-68(102)54(33-41(2)3)85-69(103)55(34-42(4)5)84-65(99)51(25-16-18-30-76)81-64(98)50-27-20-32-78-50/h11-15,21-24,38,41-45,50-59,62-63,78-79,92-93H,10,16-20,25-37,39-40,76-77H2,1-9H3,(H,80,108)(H,81,98)(H,82,102)(H,83,107)(H,84,99)(H,85,103)(H,86,105)(H,87,100)(H,88,109)(H,89,104)(H,90,106)(H,91,101)(H,94,95)(H,96,97)/t44-,45+,50-,51-,52-,53-,54-,55-,56-,57-,58-,59-,62-,63-/m0/s1. The molecule has 34 heteroatoms. The molecule has 0 saturated carbocycles. The number of carboxylic acid groups (broad SMARTS) is 2. The number of unbranched alkanes of at least 4 members (excludes halogenated alkanes) is 2. The third kappa shape index (κ3) is 31.8. The number of aliphatic hydroxyl groups is 2. The number of fused-ring (bicyclic) bond motifs is 1. The Kier molecular flexibility index (Phi) is 39.8. The van der Waals surface area contributed by atoms with Gasteiger partial charge in [0.1, 0.15) is 73.0 Å². The third-order valence-corrected chi connectivity index (χ3v) is 18.6. The summed E-state index contributed by atoms with van der Waals surface area (Å²) >= 11 is 0. The second kappa shape index (κ2) is 47.3. The van der Waals surface area contributed by atoms with Crippen molar-refractivity contribution in [2.24, 2.45) is 35.1 Å². The summed E-state index contributed by atoms with van der Waals surface area (Å²) in [6.45, 7) is 14.6. The molecule has 2 heterocycles. The number of carbonyl (C=O) groups is 14. The first-order valence-corrected chi connectivity index (χ1v) is 37.8. The van der Waals surface area contributed by atoms with E-state index in [1.165, 1.54) is 6.92 Å². The zero-order valence-electron chi connectivity index (χ0n) is 64.1. The van der Waals surface area contributed by atoms with Crippen LogP contribution in [0.3, 0.4) is 0 Å². The van der Waals surface area contributed by atoms with Gasteiger partial charge in [-0.25, -0.2) is 0 Å². The molecule has 1 saturated heterocycles. The number of aliphatic hydroxyl groups excluding tert-OH is 2. The van der Waals surface area contributed by atoms with E-state index >= 15 is 0 Å². The van der Waals surface area contributed by atoms with Crippen LogP contribution < -0.4 is 80.6 Å². The van der Waals surface area contributed by atoms with E-state index in [-0.39, 0.29) is 81.6 Å². The fraction of sp³-hybridized carbons (Fsp3) is 0.627. The molecule has 2 aromatic carbocycles. The maximum absolute atomic E-state index is 14.7. The van der Waals surface area contributed by atoms with Crippen molar-refractivity contribution in [2.75, 3.05) is 32.8 Å². The maximum Gasteiger partial charge on any atom is 0.322 e. The van der Waals surface area contributed by atoms with E-state index in [9.17, 15) is 87.5 Å². The van der Waals surface area contributed by atoms with Crippen LogP contribution >= 0.6 is 0 Å². The number of para-hydroxylation sites is 1. The minimum atomic E-state index is -1.89. The van der Waals surface area contributed by atoms with E-state index in [1.54, 1.807) is 88.5 Å². The Hall–Kier alpha value is -9.64. The summed E-state index contributed by atoms with van der Waals surface area (Å²) in [5, 5.41) is 75.9. The van der Waals surface area contributed by atoms with Gasteiger partial charge in [0.25, 0.3) is 0 Å². The number of hydrogen-bond acceptors (Lipinski definition) is 19. The van der Waals surface area contributed by atoms with Crippen molar-refractivity contribution in [3.8, 4) is 0 Å². The number of aromatic amines is 1. The van der Waals surface area contributed by atoms with Crippen molar-refractivity contribution in [3.05, 3.63) is 71.9 Å². The van der Waals surface area contributed by atoms with Gasteiger partial charge in [-0.15, -0.1) is 0 Å². The molecular formula is C75H118N16O18. The molecule has 1 aliphatic rings. The number of benzene rings is 2. The largest absolute Gasteiger partial charge is 0.481 e. The minimum Gasteiger partial charge on any atom is -0.481 e. The Bertz CT molecular complexity index is 3500. The van der Waals surface area contributed by atoms with Crippen LogP contribution in [0.1, 0.15) is 163 Å². The van der Waals surface area contributed by atoms with Crippen LogP contribution in [-0.4, -0.2) is 220 Å². The van der Waals surface area contributed by atoms with Crippen LogP contribution in [0.5, 0.6) is 0 Å². The van der Waals surface area contributed by atoms with Crippen molar-refractivity contribution in [1.29, 1.82) is 0 Å². The highest BCUT2D eigenvalue weighted by Gasteiger charge is 2.39. The SMILES string of the molecule is CC[C@H](C)[C@H](NC(=O)[C@H](Cc1c[nH]c2ccccc12)NC(=O)[C@H](CCC(=O)O)NC(=O)[C@H](CO)NC(=O)[C@H](CC(C)C)NC(=O)[C@H](Cc1ccccc1)NC(=O)[C@@H](NC(=O)[C@H](CCCCN)NC(=O)[C@H](CC(C)C)NC(=O)[C@H](CC(C)C)NC(=O)[C@H](CCCCN)NC(=O)[C@@H]1CCCN1)[C@@H](C)O)C(=O)NCC(=O)O. The van der Waals surface area contributed by atoms with Crippen molar-refractivity contribution in [1.82, 2.24) is 74.1 Å². The molecule has 3 aromatic rings. The molecule has 12 amide bonds. The number of nitrogens with one attached hydrogen (secondary N) is 14. The maximum atomic E-state index is 14.7. The number of nitrogens with two attached hydrogens (primary N) is 2. The lowest BCUT2D eigenvalue weighted by atomic mass is 9.97. The zero-order valence-corrected chi connectivity index (χ0v) is 64.1. The van der Waals surface area contributed by atoms with Crippen molar-refractivity contribution in [2.45, 2.75) is 244 Å². The van der Waals surface area contributed by atoms with Crippen molar-refractivity contribution in [3.63, 3.8) is 0 Å². The summed E-state index contributed by atoms with van der Waals surface area (Å²) in [6, 6.07) is -1.40. The van der Waals surface area contributed by atoms with E-state index in [0.717, 1.165) is 6.42 Å². The summed E-state index contributed by atoms with van der Waals surface area (Å²) < 4.78 is 0. The van der Waals surface area contributed by atoms with E-state index in [2.05, 4.69) is 74.1 Å².